The first-order chi connectivity index (χ1) is 17.5. The minimum absolute atomic E-state index is 0.00281. The van der Waals surface area contributed by atoms with Crippen LogP contribution in [0.2, 0.25) is 0 Å². The summed E-state index contributed by atoms with van der Waals surface area (Å²) in [5, 5.41) is 16.8. The number of carbonyl (C=O) groups is 2. The predicted octanol–water partition coefficient (Wildman–Crippen LogP) is 4.91. The van der Waals surface area contributed by atoms with E-state index in [0.29, 0.717) is 32.6 Å². The molecule has 0 atom stereocenters. The topological polar surface area (TPSA) is 108 Å². The number of nitro benzene ring substituents is 1. The number of amides is 3. The molecule has 2 N–H and O–H groups in total. The van der Waals surface area contributed by atoms with Crippen LogP contribution in [-0.2, 0) is 11.2 Å². The molecule has 3 aromatic carbocycles. The number of aryl methyl sites for hydroxylation is 1. The first kappa shape index (κ1) is 24.7. The normalized spacial score (nSPS) is 13.2. The van der Waals surface area contributed by atoms with E-state index in [4.69, 9.17) is 0 Å². The summed E-state index contributed by atoms with van der Waals surface area (Å²) in [5.41, 5.74) is 3.05. The van der Waals surface area contributed by atoms with Crippen LogP contribution in [0.4, 0.5) is 27.5 Å². The van der Waals surface area contributed by atoms with Crippen LogP contribution >= 0.6 is 0 Å². The molecule has 186 valence electrons. The average molecular weight is 488 g/mol. The van der Waals surface area contributed by atoms with Gasteiger partial charge in [0.25, 0.3) is 5.69 Å². The SMILES string of the molecule is O=C(CCCc1ccccc1)Nc1ccc(N2CCN(C(=O)Nc3ccccc3[N+](=O)[O-])CC2)cc1. The molecule has 36 heavy (non-hydrogen) atoms. The van der Waals surface area contributed by atoms with Crippen molar-refractivity contribution in [2.75, 3.05) is 41.7 Å². The van der Waals surface area contributed by atoms with E-state index in [1.54, 1.807) is 17.0 Å². The summed E-state index contributed by atoms with van der Waals surface area (Å²) in [6.07, 6.45) is 2.13. The predicted molar refractivity (Wildman–Crippen MR) is 140 cm³/mol. The van der Waals surface area contributed by atoms with Gasteiger partial charge in [0.2, 0.25) is 5.91 Å². The highest BCUT2D eigenvalue weighted by atomic mass is 16.6. The molecule has 0 spiro atoms. The van der Waals surface area contributed by atoms with Crippen molar-refractivity contribution in [3.8, 4) is 0 Å². The first-order valence-corrected chi connectivity index (χ1v) is 12.0. The zero-order chi connectivity index (χ0) is 25.3. The summed E-state index contributed by atoms with van der Waals surface area (Å²) in [6.45, 7) is 2.25. The van der Waals surface area contributed by atoms with Crippen LogP contribution in [0.3, 0.4) is 0 Å². The van der Waals surface area contributed by atoms with Gasteiger partial charge in [0.05, 0.1) is 4.92 Å². The quantitative estimate of drug-likeness (QED) is 0.347. The number of anilines is 3. The molecular formula is C27H29N5O4. The molecule has 1 heterocycles. The Morgan fingerprint density at radius 1 is 0.833 bits per heavy atom. The lowest BCUT2D eigenvalue weighted by atomic mass is 10.1. The van der Waals surface area contributed by atoms with E-state index in [9.17, 15) is 19.7 Å². The molecular weight excluding hydrogens is 458 g/mol. The molecule has 3 amide bonds. The number of urea groups is 1. The lowest BCUT2D eigenvalue weighted by Crippen LogP contribution is -2.50. The van der Waals surface area contributed by atoms with E-state index >= 15 is 0 Å². The summed E-state index contributed by atoms with van der Waals surface area (Å²) in [6, 6.07) is 23.6. The summed E-state index contributed by atoms with van der Waals surface area (Å²) in [7, 11) is 0. The average Bonchev–Trinajstić information content (AvgIpc) is 2.90. The van der Waals surface area contributed by atoms with Gasteiger partial charge in [0, 0.05) is 50.0 Å². The van der Waals surface area contributed by atoms with Crippen LogP contribution in [0.25, 0.3) is 0 Å². The Morgan fingerprint density at radius 3 is 2.19 bits per heavy atom. The molecule has 0 saturated carbocycles. The molecule has 0 unspecified atom stereocenters. The van der Waals surface area contributed by atoms with Gasteiger partial charge in [0.1, 0.15) is 5.69 Å². The second-order valence-corrected chi connectivity index (χ2v) is 8.61. The van der Waals surface area contributed by atoms with Gasteiger partial charge in [-0.3, -0.25) is 14.9 Å². The number of carbonyl (C=O) groups excluding carboxylic acids is 2. The van der Waals surface area contributed by atoms with Crippen LogP contribution in [0.15, 0.2) is 78.9 Å². The fourth-order valence-electron chi connectivity index (χ4n) is 4.18. The van der Waals surface area contributed by atoms with Crippen molar-refractivity contribution in [3.05, 3.63) is 94.5 Å². The minimum atomic E-state index is -0.510. The number of nitrogens with zero attached hydrogens (tertiary/aromatic N) is 3. The summed E-state index contributed by atoms with van der Waals surface area (Å²) >= 11 is 0. The molecule has 1 aliphatic heterocycles. The largest absolute Gasteiger partial charge is 0.368 e. The molecule has 0 aliphatic carbocycles. The van der Waals surface area contributed by atoms with Crippen molar-refractivity contribution in [2.45, 2.75) is 19.3 Å². The zero-order valence-electron chi connectivity index (χ0n) is 19.9. The van der Waals surface area contributed by atoms with Crippen LogP contribution in [0.5, 0.6) is 0 Å². The van der Waals surface area contributed by atoms with Crippen LogP contribution in [0.1, 0.15) is 18.4 Å². The summed E-state index contributed by atoms with van der Waals surface area (Å²) in [4.78, 5) is 39.4. The second-order valence-electron chi connectivity index (χ2n) is 8.61. The maximum absolute atomic E-state index is 12.6. The van der Waals surface area contributed by atoms with Crippen molar-refractivity contribution in [1.29, 1.82) is 0 Å². The Labute approximate surface area is 209 Å². The third-order valence-corrected chi connectivity index (χ3v) is 6.14. The van der Waals surface area contributed by atoms with E-state index in [1.807, 2.05) is 42.5 Å². The zero-order valence-corrected chi connectivity index (χ0v) is 19.9. The number of hydrogen-bond acceptors (Lipinski definition) is 5. The second kappa shape index (κ2) is 11.8. The van der Waals surface area contributed by atoms with Crippen molar-refractivity contribution < 1.29 is 14.5 Å². The van der Waals surface area contributed by atoms with Crippen LogP contribution < -0.4 is 15.5 Å². The van der Waals surface area contributed by atoms with Gasteiger partial charge >= 0.3 is 6.03 Å². The lowest BCUT2D eigenvalue weighted by Gasteiger charge is -2.36. The molecule has 1 fully saturated rings. The summed E-state index contributed by atoms with van der Waals surface area (Å²) < 4.78 is 0. The monoisotopic (exact) mass is 487 g/mol. The van der Waals surface area contributed by atoms with Crippen LogP contribution in [-0.4, -0.2) is 47.9 Å². The highest BCUT2D eigenvalue weighted by Crippen LogP contribution is 2.24. The Bertz CT molecular complexity index is 1190. The molecule has 3 aromatic rings. The fraction of sp³-hybridized carbons (Fsp3) is 0.259. The molecule has 1 saturated heterocycles. The van der Waals surface area contributed by atoms with Crippen LogP contribution in [0, 0.1) is 10.1 Å². The molecule has 0 radical (unpaired) electrons. The Balaban J connectivity index is 1.22. The molecule has 1 aliphatic rings. The van der Waals surface area contributed by atoms with E-state index in [1.165, 1.54) is 17.7 Å². The van der Waals surface area contributed by atoms with Crippen molar-refractivity contribution in [3.63, 3.8) is 0 Å². The van der Waals surface area contributed by atoms with Gasteiger partial charge in [-0.15, -0.1) is 0 Å². The van der Waals surface area contributed by atoms with Gasteiger partial charge in [-0.05, 0) is 48.7 Å². The third kappa shape index (κ3) is 6.59. The van der Waals surface area contributed by atoms with Gasteiger partial charge < -0.3 is 20.4 Å². The van der Waals surface area contributed by atoms with E-state index < -0.39 is 4.92 Å². The fourth-order valence-corrected chi connectivity index (χ4v) is 4.18. The summed E-state index contributed by atoms with van der Waals surface area (Å²) in [5.74, 6) is -0.00281. The highest BCUT2D eigenvalue weighted by molar-refractivity contribution is 5.92. The molecule has 4 rings (SSSR count). The molecule has 0 bridgehead atoms. The molecule has 9 heteroatoms. The maximum atomic E-state index is 12.6. The Kier molecular flexibility index (Phi) is 8.12. The van der Waals surface area contributed by atoms with Gasteiger partial charge in [-0.25, -0.2) is 4.79 Å². The highest BCUT2D eigenvalue weighted by Gasteiger charge is 2.23. The first-order valence-electron chi connectivity index (χ1n) is 12.0. The number of benzene rings is 3. The number of hydrogen-bond donors (Lipinski definition) is 2. The van der Waals surface area contributed by atoms with Crippen molar-refractivity contribution in [1.82, 2.24) is 4.90 Å². The number of para-hydroxylation sites is 2. The van der Waals surface area contributed by atoms with E-state index in [2.05, 4.69) is 27.7 Å². The molecule has 0 aromatic heterocycles. The van der Waals surface area contributed by atoms with E-state index in [0.717, 1.165) is 24.2 Å². The van der Waals surface area contributed by atoms with E-state index in [-0.39, 0.29) is 23.3 Å². The van der Waals surface area contributed by atoms with Gasteiger partial charge in [-0.2, -0.15) is 0 Å². The lowest BCUT2D eigenvalue weighted by molar-refractivity contribution is -0.383. The van der Waals surface area contributed by atoms with Gasteiger partial charge in [0.15, 0.2) is 0 Å². The third-order valence-electron chi connectivity index (χ3n) is 6.14. The Morgan fingerprint density at radius 2 is 1.50 bits per heavy atom. The van der Waals surface area contributed by atoms with Gasteiger partial charge in [-0.1, -0.05) is 42.5 Å². The number of piperazine rings is 1. The number of nitro groups is 1. The standard InChI is InChI=1S/C27H29N5O4/c33-26(12-6-9-21-7-2-1-3-8-21)28-22-13-15-23(16-14-22)30-17-19-31(20-18-30)27(34)29-24-10-4-5-11-25(24)32(35)36/h1-5,7-8,10-11,13-16H,6,9,12,17-20H2,(H,28,33)(H,29,34). The maximum Gasteiger partial charge on any atom is 0.322 e. The smallest absolute Gasteiger partial charge is 0.322 e. The molecule has 9 nitrogen and oxygen atoms in total. The van der Waals surface area contributed by atoms with Crippen molar-refractivity contribution in [2.24, 2.45) is 0 Å². The van der Waals surface area contributed by atoms with Crippen molar-refractivity contribution >= 4 is 34.7 Å². The number of nitrogens with one attached hydrogen (secondary N) is 2. The number of rotatable bonds is 8. The Hall–Kier alpha value is -4.40. The minimum Gasteiger partial charge on any atom is -0.368 e.